The number of nitrogens with zero attached hydrogens (tertiary/aromatic N) is 1. The molecule has 0 amide bonds. The summed E-state index contributed by atoms with van der Waals surface area (Å²) >= 11 is 0. The Hall–Kier alpha value is -1.26. The number of morpholine rings is 1. The number of nitrogen functional groups attached to an aromatic ring is 2. The summed E-state index contributed by atoms with van der Waals surface area (Å²) < 4.78 is 5.39. The molecule has 0 bridgehead atoms. The van der Waals surface area contributed by atoms with E-state index in [2.05, 4.69) is 4.90 Å². The van der Waals surface area contributed by atoms with Crippen molar-refractivity contribution in [3.8, 4) is 0 Å². The van der Waals surface area contributed by atoms with Gasteiger partial charge in [0.25, 0.3) is 0 Å². The quantitative estimate of drug-likeness (QED) is 0.776. The minimum Gasteiger partial charge on any atom is -0.398 e. The molecule has 0 radical (unpaired) electrons. The van der Waals surface area contributed by atoms with Gasteiger partial charge in [-0.25, -0.2) is 0 Å². The first-order chi connectivity index (χ1) is 8.75. The molecule has 1 aromatic rings. The third-order valence-corrected chi connectivity index (χ3v) is 4.26. The van der Waals surface area contributed by atoms with Crippen molar-refractivity contribution in [3.63, 3.8) is 0 Å². The highest BCUT2D eigenvalue weighted by Gasteiger charge is 2.36. The third-order valence-electron chi connectivity index (χ3n) is 4.26. The topological polar surface area (TPSA) is 64.5 Å². The summed E-state index contributed by atoms with van der Waals surface area (Å²) in [7, 11) is 0. The van der Waals surface area contributed by atoms with Gasteiger partial charge in [0.05, 0.1) is 13.2 Å². The van der Waals surface area contributed by atoms with Crippen LogP contribution in [0.15, 0.2) is 18.2 Å². The van der Waals surface area contributed by atoms with Crippen LogP contribution < -0.4 is 11.5 Å². The Balaban J connectivity index is 1.64. The average Bonchev–Trinajstić information content (AvgIpc) is 2.32. The Kier molecular flexibility index (Phi) is 3.14. The molecule has 1 aliphatic heterocycles. The first-order valence-electron chi connectivity index (χ1n) is 6.71. The number of nitrogens with two attached hydrogens (primary N) is 2. The van der Waals surface area contributed by atoms with Gasteiger partial charge in [0, 0.05) is 36.1 Å². The highest BCUT2D eigenvalue weighted by molar-refractivity contribution is 5.63. The summed E-state index contributed by atoms with van der Waals surface area (Å²) in [5.74, 6) is 0.541. The van der Waals surface area contributed by atoms with Crippen molar-refractivity contribution in [1.82, 2.24) is 4.90 Å². The Bertz CT molecular complexity index is 403. The molecule has 0 atom stereocenters. The zero-order valence-electron chi connectivity index (χ0n) is 10.6. The summed E-state index contributed by atoms with van der Waals surface area (Å²) in [5.41, 5.74) is 14.9. The summed E-state index contributed by atoms with van der Waals surface area (Å²) in [4.78, 5) is 2.54. The molecule has 98 valence electrons. The van der Waals surface area contributed by atoms with Gasteiger partial charge < -0.3 is 16.2 Å². The fourth-order valence-electron chi connectivity index (χ4n) is 3.14. The molecule has 4 nitrogen and oxygen atoms in total. The Morgan fingerprint density at radius 3 is 2.28 bits per heavy atom. The number of hydrogen-bond donors (Lipinski definition) is 2. The fourth-order valence-corrected chi connectivity index (χ4v) is 3.14. The third kappa shape index (κ3) is 2.06. The van der Waals surface area contributed by atoms with Crippen LogP contribution in [0.5, 0.6) is 0 Å². The minimum absolute atomic E-state index is 0.541. The van der Waals surface area contributed by atoms with E-state index in [0.717, 1.165) is 37.7 Å². The molecule has 1 saturated carbocycles. The van der Waals surface area contributed by atoms with Crippen LogP contribution in [0.3, 0.4) is 0 Å². The predicted octanol–water partition coefficient (Wildman–Crippen LogP) is 1.43. The van der Waals surface area contributed by atoms with Crippen LogP contribution in [-0.2, 0) is 4.74 Å². The molecule has 1 saturated heterocycles. The van der Waals surface area contributed by atoms with Crippen molar-refractivity contribution in [1.29, 1.82) is 0 Å². The van der Waals surface area contributed by atoms with Crippen LogP contribution in [-0.4, -0.2) is 37.2 Å². The second-order valence-electron chi connectivity index (χ2n) is 5.32. The van der Waals surface area contributed by atoms with E-state index in [1.807, 2.05) is 18.2 Å². The van der Waals surface area contributed by atoms with Gasteiger partial charge in [0.2, 0.25) is 0 Å². The summed E-state index contributed by atoms with van der Waals surface area (Å²) in [6, 6.07) is 6.52. The molecule has 2 fully saturated rings. The number of rotatable bonds is 2. The van der Waals surface area contributed by atoms with Crippen molar-refractivity contribution in [2.75, 3.05) is 37.8 Å². The van der Waals surface area contributed by atoms with Gasteiger partial charge in [0.1, 0.15) is 0 Å². The highest BCUT2D eigenvalue weighted by Crippen LogP contribution is 2.44. The SMILES string of the molecule is Nc1cccc(N)c1C1CC(N2CCOCC2)C1. The molecule has 3 rings (SSSR count). The molecule has 0 aromatic heterocycles. The van der Waals surface area contributed by atoms with E-state index in [1.54, 1.807) is 0 Å². The number of ether oxygens (including phenoxy) is 1. The van der Waals surface area contributed by atoms with E-state index in [1.165, 1.54) is 18.4 Å². The zero-order chi connectivity index (χ0) is 12.5. The molecule has 1 heterocycles. The fraction of sp³-hybridized carbons (Fsp3) is 0.571. The maximum Gasteiger partial charge on any atom is 0.0594 e. The van der Waals surface area contributed by atoms with Gasteiger partial charge in [-0.1, -0.05) is 6.07 Å². The van der Waals surface area contributed by atoms with Gasteiger partial charge in [-0.3, -0.25) is 4.90 Å². The summed E-state index contributed by atoms with van der Waals surface area (Å²) in [6.45, 7) is 3.88. The van der Waals surface area contributed by atoms with Gasteiger partial charge in [-0.05, 0) is 30.9 Å². The molecule has 0 unspecified atom stereocenters. The lowest BCUT2D eigenvalue weighted by molar-refractivity contribution is -0.00686. The van der Waals surface area contributed by atoms with Gasteiger partial charge in [-0.15, -0.1) is 0 Å². The lowest BCUT2D eigenvalue weighted by Crippen LogP contribution is -2.49. The van der Waals surface area contributed by atoms with Crippen LogP contribution in [0.2, 0.25) is 0 Å². The maximum atomic E-state index is 6.04. The zero-order valence-corrected chi connectivity index (χ0v) is 10.6. The van der Waals surface area contributed by atoms with Crippen molar-refractivity contribution in [3.05, 3.63) is 23.8 Å². The van der Waals surface area contributed by atoms with Crippen molar-refractivity contribution in [2.24, 2.45) is 0 Å². The molecular weight excluding hydrogens is 226 g/mol. The van der Waals surface area contributed by atoms with Gasteiger partial charge >= 0.3 is 0 Å². The van der Waals surface area contributed by atoms with Crippen LogP contribution in [0.4, 0.5) is 11.4 Å². The second kappa shape index (κ2) is 4.78. The molecule has 4 heteroatoms. The smallest absolute Gasteiger partial charge is 0.0594 e. The first kappa shape index (κ1) is 11.8. The molecule has 2 aliphatic rings. The molecular formula is C14H21N3O. The first-order valence-corrected chi connectivity index (χ1v) is 6.71. The van der Waals surface area contributed by atoms with Crippen LogP contribution in [0.1, 0.15) is 24.3 Å². The van der Waals surface area contributed by atoms with E-state index in [4.69, 9.17) is 16.2 Å². The maximum absolute atomic E-state index is 6.04. The van der Waals surface area contributed by atoms with Crippen LogP contribution in [0, 0.1) is 0 Å². The van der Waals surface area contributed by atoms with Gasteiger partial charge in [0.15, 0.2) is 0 Å². The average molecular weight is 247 g/mol. The molecule has 0 spiro atoms. The van der Waals surface area contributed by atoms with E-state index in [0.29, 0.717) is 12.0 Å². The number of benzene rings is 1. The van der Waals surface area contributed by atoms with E-state index >= 15 is 0 Å². The molecule has 4 N–H and O–H groups in total. The van der Waals surface area contributed by atoms with Crippen LogP contribution >= 0.6 is 0 Å². The Morgan fingerprint density at radius 1 is 1.06 bits per heavy atom. The summed E-state index contributed by atoms with van der Waals surface area (Å²) in [6.07, 6.45) is 2.36. The number of anilines is 2. The van der Waals surface area contributed by atoms with E-state index in [-0.39, 0.29) is 0 Å². The molecule has 1 aromatic carbocycles. The van der Waals surface area contributed by atoms with E-state index < -0.39 is 0 Å². The van der Waals surface area contributed by atoms with Crippen molar-refractivity contribution < 1.29 is 4.74 Å². The monoisotopic (exact) mass is 247 g/mol. The lowest BCUT2D eigenvalue weighted by atomic mass is 9.74. The standard InChI is InChI=1S/C14H21N3O/c15-12-2-1-3-13(16)14(12)10-8-11(9-10)17-4-6-18-7-5-17/h1-3,10-11H,4-9,15-16H2. The number of hydrogen-bond acceptors (Lipinski definition) is 4. The second-order valence-corrected chi connectivity index (χ2v) is 5.32. The Morgan fingerprint density at radius 2 is 1.67 bits per heavy atom. The van der Waals surface area contributed by atoms with Crippen LogP contribution in [0.25, 0.3) is 0 Å². The molecule has 1 aliphatic carbocycles. The van der Waals surface area contributed by atoms with Gasteiger partial charge in [-0.2, -0.15) is 0 Å². The van der Waals surface area contributed by atoms with Crippen molar-refractivity contribution >= 4 is 11.4 Å². The Labute approximate surface area is 108 Å². The summed E-state index contributed by atoms with van der Waals surface area (Å²) in [5, 5.41) is 0. The molecule has 18 heavy (non-hydrogen) atoms. The van der Waals surface area contributed by atoms with Crippen molar-refractivity contribution in [2.45, 2.75) is 24.8 Å². The van der Waals surface area contributed by atoms with E-state index in [9.17, 15) is 0 Å². The predicted molar refractivity (Wildman–Crippen MR) is 73.4 cm³/mol. The normalized spacial score (nSPS) is 28.9. The largest absolute Gasteiger partial charge is 0.398 e. The lowest BCUT2D eigenvalue weighted by Gasteiger charge is -2.45. The highest BCUT2D eigenvalue weighted by atomic mass is 16.5. The minimum atomic E-state index is 0.541.